The maximum atomic E-state index is 11.8. The summed E-state index contributed by atoms with van der Waals surface area (Å²) in [5, 5.41) is 9.89. The fourth-order valence-corrected chi connectivity index (χ4v) is 5.05. The number of esters is 1. The maximum Gasteiger partial charge on any atom is 0.403 e. The molecule has 6 aromatic rings. The van der Waals surface area contributed by atoms with Crippen molar-refractivity contribution in [3.8, 4) is 11.3 Å². The number of ether oxygens (including phenoxy) is 2. The van der Waals surface area contributed by atoms with Gasteiger partial charge in [-0.05, 0) is 51.4 Å². The summed E-state index contributed by atoms with van der Waals surface area (Å²) >= 11 is 9.88. The number of nitrogens with zero attached hydrogens (tertiary/aromatic N) is 1. The van der Waals surface area contributed by atoms with Crippen molar-refractivity contribution < 1.29 is 57.6 Å². The Morgan fingerprint density at radius 3 is 1.19 bits per heavy atom. The van der Waals surface area contributed by atoms with Gasteiger partial charge in [-0.3, -0.25) is 28.8 Å². The zero-order valence-corrected chi connectivity index (χ0v) is 54.8. The average Bonchev–Trinajstić information content (AvgIpc) is 3.92. The van der Waals surface area contributed by atoms with Gasteiger partial charge >= 0.3 is 17.0 Å². The van der Waals surface area contributed by atoms with Gasteiger partial charge in [0.15, 0.2) is 11.6 Å². The number of aromatic nitrogens is 1. The van der Waals surface area contributed by atoms with E-state index in [1.54, 1.807) is 110 Å². The highest BCUT2D eigenvalue weighted by atomic mass is 35.5. The highest BCUT2D eigenvalue weighted by Gasteiger charge is 2.23. The van der Waals surface area contributed by atoms with Crippen molar-refractivity contribution in [2.24, 2.45) is 11.8 Å². The smallest absolute Gasteiger partial charge is 0.403 e. The van der Waals surface area contributed by atoms with E-state index in [0.29, 0.717) is 41.9 Å². The number of H-pyrrole nitrogens is 1. The molecular weight excluding hydrogens is 1100 g/mol. The lowest BCUT2D eigenvalue weighted by Crippen LogP contribution is -2.25. The molecule has 1 unspecified atom stereocenters. The van der Waals surface area contributed by atoms with Crippen LogP contribution in [0.15, 0.2) is 161 Å². The Labute approximate surface area is 507 Å². The number of amides is 1. The zero-order valence-electron chi connectivity index (χ0n) is 53.3. The van der Waals surface area contributed by atoms with E-state index >= 15 is 0 Å². The molecule has 468 valence electrons. The molecule has 0 aliphatic heterocycles. The molecule has 5 N–H and O–H groups in total. The lowest BCUT2D eigenvalue weighted by Gasteiger charge is -2.12. The molecule has 0 radical (unpaired) electrons. The first-order valence-electron chi connectivity index (χ1n) is 27.5. The number of hydrogen-bond donors (Lipinski definition) is 4. The number of nitrogens with one attached hydrogen (secondary N) is 2. The van der Waals surface area contributed by atoms with Crippen molar-refractivity contribution in [2.45, 2.75) is 124 Å². The van der Waals surface area contributed by atoms with Crippen LogP contribution >= 0.6 is 23.2 Å². The highest BCUT2D eigenvalue weighted by Crippen LogP contribution is 2.18. The average molecular weight is 1200 g/mol. The second kappa shape index (κ2) is 71.0. The van der Waals surface area contributed by atoms with Crippen LogP contribution in [-0.2, 0) is 23.9 Å². The Morgan fingerprint density at radius 2 is 0.928 bits per heavy atom. The third-order valence-electron chi connectivity index (χ3n) is 8.54. The van der Waals surface area contributed by atoms with E-state index in [0.717, 1.165) is 16.8 Å². The number of nitrogens with two attached hydrogens (primary N) is 1. The number of benzene rings is 5. The van der Waals surface area contributed by atoms with Crippen LogP contribution in [-0.4, -0.2) is 91.1 Å². The molecule has 0 saturated carbocycles. The number of hydrogen-bond acceptors (Lipinski definition) is 15. The lowest BCUT2D eigenvalue weighted by molar-refractivity contribution is -0.145. The van der Waals surface area contributed by atoms with E-state index in [1.165, 1.54) is 12.2 Å². The minimum Gasteiger partial charge on any atom is -0.465 e. The molecule has 83 heavy (non-hydrogen) atoms. The number of halogens is 2. The van der Waals surface area contributed by atoms with Gasteiger partial charge in [-0.1, -0.05) is 230 Å². The number of aromatic amines is 1. The van der Waals surface area contributed by atoms with Gasteiger partial charge < -0.3 is 24.0 Å². The monoisotopic (exact) mass is 1200 g/mol. The van der Waals surface area contributed by atoms with Crippen molar-refractivity contribution in [3.63, 3.8) is 0 Å². The Hall–Kier alpha value is -7.09. The Bertz CT molecular complexity index is 2410. The minimum absolute atomic E-state index is 0.141. The van der Waals surface area contributed by atoms with Crippen LogP contribution < -0.4 is 17.0 Å². The van der Waals surface area contributed by atoms with Crippen molar-refractivity contribution >= 4 is 57.3 Å². The number of carbonyl (C=O) groups is 6. The molecule has 0 aliphatic rings. The third-order valence-corrected chi connectivity index (χ3v) is 8.87. The van der Waals surface area contributed by atoms with Crippen molar-refractivity contribution in [1.82, 2.24) is 15.7 Å². The number of carbonyl (C=O) groups excluding carboxylic acids is 6. The standard InChI is InChI=1S/C12H14O3.C10H9NO2.C9H11NO2.C9H10O.C7H5ClO.C3H5ClO2.C2H7NO.6C2H6.H3NO/c1-3-15-12(14)9(2)11(13)10-7-5-4-6-8-10;1-7-9(11-13-10(7)12)8-5-3-2-4-6-8;1-10(12-2)9(11)8-6-4-3-5-7-8;1-2-9(10)8-6-4-3-5-7-8;8-7(9)6-4-2-1-3-5-6;1-2-6-3(4)5;1-3-4-2;7*1-2/h4-9H,3H2,1-2H3;2-6,11H,1H3;3-7H,1-2H3;3-7H,2H2,1H3;1-5H;2H2,1H3;3H,1-2H3;6*1-2H3;2H,1H2. The molecule has 0 bridgehead atoms. The van der Waals surface area contributed by atoms with Gasteiger partial charge in [0.2, 0.25) is 0 Å². The predicted molar refractivity (Wildman–Crippen MR) is 342 cm³/mol. The summed E-state index contributed by atoms with van der Waals surface area (Å²) in [7, 11) is 6.32. The molecule has 5 aromatic carbocycles. The van der Waals surface area contributed by atoms with Crippen molar-refractivity contribution in [1.29, 1.82) is 0 Å². The fraction of sp³-hybridized carbons (Fsp3) is 0.391. The molecule has 0 aliphatic carbocycles. The second-order valence-electron chi connectivity index (χ2n) is 13.3. The molecule has 0 spiro atoms. The number of Topliss-reactive ketones (excluding diaryl/α,β-unsaturated/α-hetero) is 2. The van der Waals surface area contributed by atoms with Gasteiger partial charge in [0.05, 0.1) is 38.7 Å². The minimum atomic E-state index is -0.738. The molecule has 19 heteroatoms. The third kappa shape index (κ3) is 50.4. The topological polar surface area (TPSA) is 247 Å². The summed E-state index contributed by atoms with van der Waals surface area (Å²) in [5.41, 5.74) is 6.24. The first-order valence-corrected chi connectivity index (χ1v) is 28.3. The van der Waals surface area contributed by atoms with Crippen LogP contribution in [0, 0.1) is 12.8 Å². The van der Waals surface area contributed by atoms with E-state index in [-0.39, 0.29) is 23.1 Å². The molecule has 1 heterocycles. The highest BCUT2D eigenvalue weighted by molar-refractivity contribution is 6.67. The van der Waals surface area contributed by atoms with Crippen LogP contribution in [0.5, 0.6) is 0 Å². The summed E-state index contributed by atoms with van der Waals surface area (Å²) in [6.45, 7) is 33.2. The van der Waals surface area contributed by atoms with Gasteiger partial charge in [-0.25, -0.2) is 31.2 Å². The summed E-state index contributed by atoms with van der Waals surface area (Å²) < 4.78 is 13.6. The lowest BCUT2D eigenvalue weighted by atomic mass is 10.00. The van der Waals surface area contributed by atoms with E-state index in [1.807, 2.05) is 181 Å². The normalized spacial score (nSPS) is 8.64. The fourth-order valence-electron chi connectivity index (χ4n) is 4.82. The van der Waals surface area contributed by atoms with Crippen LogP contribution in [0.2, 0.25) is 0 Å². The van der Waals surface area contributed by atoms with Gasteiger partial charge in [0, 0.05) is 59.9 Å². The molecule has 1 amide bonds. The van der Waals surface area contributed by atoms with E-state index in [4.69, 9.17) is 38.0 Å². The van der Waals surface area contributed by atoms with Crippen molar-refractivity contribution in [3.05, 3.63) is 190 Å². The van der Waals surface area contributed by atoms with Gasteiger partial charge in [-0.15, -0.1) is 0 Å². The van der Waals surface area contributed by atoms with E-state index < -0.39 is 22.6 Å². The quantitative estimate of drug-likeness (QED) is 0.0292. The number of hydroxylamine groups is 3. The van der Waals surface area contributed by atoms with Crippen LogP contribution in [0.1, 0.15) is 164 Å². The number of rotatable bonds is 12. The SMILES string of the molecule is CC.CC.CC.CC.CC.CC.CCC(=O)c1ccccc1.CCOC(=O)C(C)C(=O)c1ccccc1.CCOC(=O)Cl.CNOC.CON(C)C(=O)c1ccccc1.Cc1c(-c2ccccc2)[nH]oc1=O.NO.O=C(Cl)c1ccccc1. The molecule has 0 saturated heterocycles. The molecule has 6 rings (SSSR count). The second-order valence-corrected chi connectivity index (χ2v) is 13.9. The summed E-state index contributed by atoms with van der Waals surface area (Å²) in [4.78, 5) is 85.5. The Morgan fingerprint density at radius 1 is 0.590 bits per heavy atom. The van der Waals surface area contributed by atoms with E-state index in [2.05, 4.69) is 30.6 Å². The maximum absolute atomic E-state index is 11.8. The Balaban J connectivity index is -0.000000130. The van der Waals surface area contributed by atoms with Gasteiger partial charge in [0.1, 0.15) is 5.92 Å². The number of ketones is 2. The molecule has 0 fully saturated rings. The first kappa shape index (κ1) is 92.4. The Kier molecular flexibility index (Phi) is 79.0. The van der Waals surface area contributed by atoms with Gasteiger partial charge in [0.25, 0.3) is 11.1 Å². The predicted octanol–water partition coefficient (Wildman–Crippen LogP) is 16.3. The molecule has 1 aromatic heterocycles. The van der Waals surface area contributed by atoms with E-state index in [9.17, 15) is 33.6 Å². The van der Waals surface area contributed by atoms with Gasteiger partial charge in [-0.2, -0.15) is 0 Å². The van der Waals surface area contributed by atoms with Crippen LogP contribution in [0.25, 0.3) is 11.3 Å². The summed E-state index contributed by atoms with van der Waals surface area (Å²) in [5.74, 6) is 2.17. The van der Waals surface area contributed by atoms with Crippen molar-refractivity contribution in [2.75, 3.05) is 41.5 Å². The van der Waals surface area contributed by atoms with Crippen LogP contribution in [0.4, 0.5) is 4.79 Å². The molecular formula is C64H100Cl2N4O13. The largest absolute Gasteiger partial charge is 0.465 e. The first-order chi connectivity index (χ1) is 40.0. The summed E-state index contributed by atoms with van der Waals surface area (Å²) in [6.07, 6.45) is 0.587. The molecule has 17 nitrogen and oxygen atoms in total. The summed E-state index contributed by atoms with van der Waals surface area (Å²) in [6, 6.07) is 45.4. The molecule has 1 atom stereocenters. The zero-order chi connectivity index (χ0) is 66.0. The van der Waals surface area contributed by atoms with Crippen LogP contribution in [0.3, 0.4) is 0 Å².